The maximum Gasteiger partial charge on any atom is 0.224 e. The molecule has 120 valence electrons. The number of rotatable bonds is 4. The summed E-state index contributed by atoms with van der Waals surface area (Å²) in [4.78, 5) is 15.4. The van der Waals surface area contributed by atoms with Gasteiger partial charge in [-0.15, -0.1) is 0 Å². The van der Waals surface area contributed by atoms with Crippen molar-refractivity contribution >= 4 is 29.5 Å². The van der Waals surface area contributed by atoms with Crippen molar-refractivity contribution in [1.82, 2.24) is 4.98 Å². The van der Waals surface area contributed by atoms with Gasteiger partial charge in [-0.2, -0.15) is 0 Å². The van der Waals surface area contributed by atoms with E-state index in [-0.39, 0.29) is 5.88 Å². The lowest BCUT2D eigenvalue weighted by molar-refractivity contribution is 0.112. The topological polar surface area (TPSA) is 39.2 Å². The minimum atomic E-state index is 0.274. The Morgan fingerprint density at radius 3 is 2.33 bits per heavy atom. The molecule has 0 amide bonds. The average molecular weight is 358 g/mol. The van der Waals surface area contributed by atoms with E-state index in [1.165, 1.54) is 7.11 Å². The normalized spacial score (nSPS) is 10.5. The largest absolute Gasteiger partial charge is 0.480 e. The summed E-state index contributed by atoms with van der Waals surface area (Å²) in [7, 11) is 1.48. The van der Waals surface area contributed by atoms with E-state index in [1.54, 1.807) is 12.1 Å². The van der Waals surface area contributed by atoms with Gasteiger partial charge in [-0.05, 0) is 29.8 Å². The second-order valence-corrected chi connectivity index (χ2v) is 5.90. The third-order valence-electron chi connectivity index (χ3n) is 3.64. The number of carbonyl (C=O) groups excluding carboxylic acids is 1. The van der Waals surface area contributed by atoms with Crippen LogP contribution in [0.3, 0.4) is 0 Å². The monoisotopic (exact) mass is 357 g/mol. The van der Waals surface area contributed by atoms with E-state index in [0.29, 0.717) is 27.6 Å². The maximum absolute atomic E-state index is 11.0. The highest BCUT2D eigenvalue weighted by atomic mass is 35.5. The minimum Gasteiger partial charge on any atom is -0.480 e. The smallest absolute Gasteiger partial charge is 0.224 e. The third kappa shape index (κ3) is 3.14. The molecule has 0 saturated heterocycles. The Kier molecular flexibility index (Phi) is 4.84. The molecule has 0 aliphatic rings. The van der Waals surface area contributed by atoms with Crippen molar-refractivity contribution in [3.05, 3.63) is 70.2 Å². The molecule has 0 aliphatic carbocycles. The Morgan fingerprint density at radius 1 is 0.958 bits per heavy atom. The Hall–Kier alpha value is -2.36. The molecular formula is C19H13Cl2NO2. The summed E-state index contributed by atoms with van der Waals surface area (Å²) in [5, 5.41) is 1.25. The van der Waals surface area contributed by atoms with Gasteiger partial charge in [-0.1, -0.05) is 53.5 Å². The van der Waals surface area contributed by atoms with Crippen LogP contribution in [0.1, 0.15) is 10.4 Å². The predicted octanol–water partition coefficient (Wildman–Crippen LogP) is 5.54. The Morgan fingerprint density at radius 2 is 1.67 bits per heavy atom. The van der Waals surface area contributed by atoms with E-state index >= 15 is 0 Å². The summed E-state index contributed by atoms with van der Waals surface area (Å²) >= 11 is 12.5. The van der Waals surface area contributed by atoms with Gasteiger partial charge in [0, 0.05) is 16.1 Å². The van der Waals surface area contributed by atoms with Gasteiger partial charge in [0.15, 0.2) is 6.29 Å². The third-order valence-corrected chi connectivity index (χ3v) is 4.30. The van der Waals surface area contributed by atoms with Gasteiger partial charge in [0.1, 0.15) is 0 Å². The lowest BCUT2D eigenvalue weighted by Crippen LogP contribution is -1.96. The fraction of sp³-hybridized carbons (Fsp3) is 0.0526. The molecule has 0 fully saturated rings. The Balaban J connectivity index is 2.11. The second kappa shape index (κ2) is 7.04. The quantitative estimate of drug-likeness (QED) is 0.575. The van der Waals surface area contributed by atoms with Crippen molar-refractivity contribution in [2.45, 2.75) is 0 Å². The van der Waals surface area contributed by atoms with Crippen LogP contribution in [0.15, 0.2) is 54.6 Å². The van der Waals surface area contributed by atoms with E-state index in [4.69, 9.17) is 27.9 Å². The molecule has 0 unspecified atom stereocenters. The van der Waals surface area contributed by atoms with Crippen molar-refractivity contribution in [2.24, 2.45) is 0 Å². The lowest BCUT2D eigenvalue weighted by atomic mass is 10.0. The van der Waals surface area contributed by atoms with Crippen LogP contribution in [-0.4, -0.2) is 18.4 Å². The van der Waals surface area contributed by atoms with E-state index in [2.05, 4.69) is 4.98 Å². The first-order valence-corrected chi connectivity index (χ1v) is 7.94. The van der Waals surface area contributed by atoms with Crippen molar-refractivity contribution in [2.75, 3.05) is 7.11 Å². The van der Waals surface area contributed by atoms with E-state index in [1.807, 2.05) is 42.5 Å². The van der Waals surface area contributed by atoms with Gasteiger partial charge in [-0.3, -0.25) is 4.79 Å². The van der Waals surface area contributed by atoms with Crippen molar-refractivity contribution in [1.29, 1.82) is 0 Å². The molecule has 0 saturated carbocycles. The molecule has 1 aromatic heterocycles. The van der Waals surface area contributed by atoms with Crippen molar-refractivity contribution in [3.8, 4) is 28.3 Å². The Bertz CT molecular complexity index is 892. The summed E-state index contributed by atoms with van der Waals surface area (Å²) in [6.07, 6.45) is 0.710. The fourth-order valence-electron chi connectivity index (χ4n) is 2.44. The van der Waals surface area contributed by atoms with Crippen LogP contribution < -0.4 is 4.74 Å². The molecule has 0 N–H and O–H groups in total. The number of ether oxygens (including phenoxy) is 1. The fourth-order valence-corrected chi connectivity index (χ4v) is 2.89. The average Bonchev–Trinajstić information content (AvgIpc) is 2.62. The number of carbonyl (C=O) groups is 1. The molecule has 0 atom stereocenters. The van der Waals surface area contributed by atoms with Crippen molar-refractivity contribution < 1.29 is 9.53 Å². The molecule has 3 nitrogen and oxygen atoms in total. The zero-order chi connectivity index (χ0) is 17.1. The Labute approximate surface area is 149 Å². The van der Waals surface area contributed by atoms with E-state index in [9.17, 15) is 4.79 Å². The molecule has 0 spiro atoms. The van der Waals surface area contributed by atoms with Gasteiger partial charge in [-0.25, -0.2) is 4.98 Å². The zero-order valence-corrected chi connectivity index (χ0v) is 14.3. The molecule has 0 bridgehead atoms. The van der Waals surface area contributed by atoms with Crippen LogP contribution in [0.25, 0.3) is 22.4 Å². The van der Waals surface area contributed by atoms with Gasteiger partial charge in [0.2, 0.25) is 5.88 Å². The summed E-state index contributed by atoms with van der Waals surface area (Å²) in [6.45, 7) is 0. The minimum absolute atomic E-state index is 0.274. The summed E-state index contributed by atoms with van der Waals surface area (Å²) in [5.41, 5.74) is 3.64. The van der Waals surface area contributed by atoms with Crippen LogP contribution >= 0.6 is 23.2 Å². The number of benzene rings is 2. The van der Waals surface area contributed by atoms with Gasteiger partial charge < -0.3 is 4.74 Å². The number of aldehydes is 1. The van der Waals surface area contributed by atoms with Gasteiger partial charge in [0.05, 0.1) is 23.4 Å². The molecule has 1 heterocycles. The number of pyridine rings is 1. The van der Waals surface area contributed by atoms with Crippen LogP contribution in [-0.2, 0) is 0 Å². The van der Waals surface area contributed by atoms with Crippen molar-refractivity contribution in [3.63, 3.8) is 0 Å². The molecule has 0 aliphatic heterocycles. The first kappa shape index (κ1) is 16.5. The lowest BCUT2D eigenvalue weighted by Gasteiger charge is -2.11. The summed E-state index contributed by atoms with van der Waals surface area (Å²) in [5.74, 6) is 0.274. The van der Waals surface area contributed by atoms with Crippen LogP contribution in [0.4, 0.5) is 0 Å². The molecule has 0 radical (unpaired) electrons. The zero-order valence-electron chi connectivity index (χ0n) is 12.8. The number of aromatic nitrogens is 1. The first-order chi connectivity index (χ1) is 11.6. The molecular weight excluding hydrogens is 345 g/mol. The van der Waals surface area contributed by atoms with Crippen LogP contribution in [0.2, 0.25) is 10.0 Å². The highest BCUT2D eigenvalue weighted by Gasteiger charge is 2.13. The SMILES string of the molecule is COc1nc(-c2cccc(-c3ccc(Cl)cc3)c2Cl)ccc1C=O. The number of methoxy groups -OCH3 is 1. The van der Waals surface area contributed by atoms with E-state index in [0.717, 1.165) is 16.7 Å². The first-order valence-electron chi connectivity index (χ1n) is 7.19. The number of nitrogens with zero attached hydrogens (tertiary/aromatic N) is 1. The van der Waals surface area contributed by atoms with Crippen LogP contribution in [0, 0.1) is 0 Å². The van der Waals surface area contributed by atoms with Gasteiger partial charge >= 0.3 is 0 Å². The van der Waals surface area contributed by atoms with Gasteiger partial charge in [0.25, 0.3) is 0 Å². The molecule has 3 rings (SSSR count). The summed E-state index contributed by atoms with van der Waals surface area (Å²) < 4.78 is 5.17. The standard InChI is InChI=1S/C19H13Cl2NO2/c1-24-19-13(11-23)7-10-17(22-19)16-4-2-3-15(18(16)21)12-5-8-14(20)9-6-12/h2-11H,1H3. The number of halogens is 2. The van der Waals surface area contributed by atoms with E-state index < -0.39 is 0 Å². The second-order valence-electron chi connectivity index (χ2n) is 5.09. The molecule has 24 heavy (non-hydrogen) atoms. The molecule has 5 heteroatoms. The molecule has 2 aromatic carbocycles. The highest BCUT2D eigenvalue weighted by molar-refractivity contribution is 6.36. The maximum atomic E-state index is 11.0. The number of hydrogen-bond acceptors (Lipinski definition) is 3. The number of hydrogen-bond donors (Lipinski definition) is 0. The summed E-state index contributed by atoms with van der Waals surface area (Å²) in [6, 6.07) is 16.6. The van der Waals surface area contributed by atoms with Crippen LogP contribution in [0.5, 0.6) is 5.88 Å². The molecule has 3 aromatic rings. The highest BCUT2D eigenvalue weighted by Crippen LogP contribution is 2.36. The predicted molar refractivity (Wildman–Crippen MR) is 97.1 cm³/mol.